The third-order valence-electron chi connectivity index (χ3n) is 3.35. The second-order valence-electron chi connectivity index (χ2n) is 5.02. The lowest BCUT2D eigenvalue weighted by Crippen LogP contribution is -2.41. The highest BCUT2D eigenvalue weighted by Crippen LogP contribution is 2.26. The van der Waals surface area contributed by atoms with Crippen LogP contribution in [0.3, 0.4) is 0 Å². The largest absolute Gasteiger partial charge is 0.395 e. The Morgan fingerprint density at radius 1 is 0.952 bits per heavy atom. The lowest BCUT2D eigenvalue weighted by atomic mass is 10.0. The summed E-state index contributed by atoms with van der Waals surface area (Å²) in [5.74, 6) is -2.95. The first-order valence-electron chi connectivity index (χ1n) is 6.93. The third-order valence-corrected chi connectivity index (χ3v) is 3.35. The quantitative estimate of drug-likeness (QED) is 0.822. The van der Waals surface area contributed by atoms with Crippen LogP contribution in [0.5, 0.6) is 0 Å². The van der Waals surface area contributed by atoms with Gasteiger partial charge >= 0.3 is 0 Å². The van der Waals surface area contributed by atoms with Crippen molar-refractivity contribution in [2.75, 3.05) is 13.2 Å². The highest BCUT2D eigenvalue weighted by molar-refractivity contribution is 5.20. The van der Waals surface area contributed by atoms with Gasteiger partial charge in [-0.1, -0.05) is 60.7 Å². The Kier molecular flexibility index (Phi) is 5.42. The summed E-state index contributed by atoms with van der Waals surface area (Å²) < 4.78 is 28.1. The lowest BCUT2D eigenvalue weighted by molar-refractivity contribution is -0.00737. The molecule has 21 heavy (non-hydrogen) atoms. The van der Waals surface area contributed by atoms with Crippen molar-refractivity contribution in [3.8, 4) is 0 Å². The smallest absolute Gasteiger partial charge is 0.285 e. The molecule has 2 nitrogen and oxygen atoms in total. The molecule has 0 saturated carbocycles. The Hall–Kier alpha value is -1.78. The second-order valence-corrected chi connectivity index (χ2v) is 5.02. The summed E-state index contributed by atoms with van der Waals surface area (Å²) in [5, 5.41) is 12.1. The Bertz CT molecular complexity index is 531. The third kappa shape index (κ3) is 4.62. The van der Waals surface area contributed by atoms with Crippen molar-refractivity contribution in [2.24, 2.45) is 0 Å². The number of rotatable bonds is 7. The maximum absolute atomic E-state index is 14.0. The van der Waals surface area contributed by atoms with Crippen LogP contribution in [0.1, 0.15) is 11.1 Å². The molecule has 0 aliphatic carbocycles. The molecule has 0 aliphatic rings. The number of alkyl halides is 2. The summed E-state index contributed by atoms with van der Waals surface area (Å²) in [6.07, 6.45) is 0.516. The Labute approximate surface area is 123 Å². The van der Waals surface area contributed by atoms with Crippen LogP contribution in [0.25, 0.3) is 0 Å². The fraction of sp³-hybridized carbons (Fsp3) is 0.294. The van der Waals surface area contributed by atoms with E-state index < -0.39 is 12.5 Å². The van der Waals surface area contributed by atoms with Crippen molar-refractivity contribution in [1.82, 2.24) is 5.32 Å². The average Bonchev–Trinajstić information content (AvgIpc) is 2.53. The first-order valence-corrected chi connectivity index (χ1v) is 6.93. The topological polar surface area (TPSA) is 32.3 Å². The van der Waals surface area contributed by atoms with Crippen LogP contribution in [0.15, 0.2) is 60.7 Å². The molecule has 2 N–H and O–H groups in total. The maximum atomic E-state index is 14.0. The van der Waals surface area contributed by atoms with E-state index in [0.717, 1.165) is 5.56 Å². The summed E-state index contributed by atoms with van der Waals surface area (Å²) in [7, 11) is 0. The van der Waals surface area contributed by atoms with Gasteiger partial charge in [0.05, 0.1) is 13.2 Å². The van der Waals surface area contributed by atoms with Gasteiger partial charge in [-0.2, -0.15) is 8.78 Å². The van der Waals surface area contributed by atoms with Gasteiger partial charge in [0.15, 0.2) is 0 Å². The van der Waals surface area contributed by atoms with Gasteiger partial charge in [-0.3, -0.25) is 0 Å². The fourth-order valence-corrected chi connectivity index (χ4v) is 2.16. The van der Waals surface area contributed by atoms with Crippen molar-refractivity contribution in [3.05, 3.63) is 71.8 Å². The van der Waals surface area contributed by atoms with Gasteiger partial charge in [0.25, 0.3) is 5.92 Å². The molecule has 0 bridgehead atoms. The summed E-state index contributed by atoms with van der Waals surface area (Å²) in [4.78, 5) is 0. The van der Waals surface area contributed by atoms with E-state index in [0.29, 0.717) is 6.42 Å². The monoisotopic (exact) mass is 291 g/mol. The summed E-state index contributed by atoms with van der Waals surface area (Å²) >= 11 is 0. The van der Waals surface area contributed by atoms with E-state index in [2.05, 4.69) is 5.32 Å². The van der Waals surface area contributed by atoms with Crippen LogP contribution in [-0.4, -0.2) is 24.3 Å². The summed E-state index contributed by atoms with van der Waals surface area (Å²) in [6.45, 7) is -0.672. The van der Waals surface area contributed by atoms with E-state index in [1.54, 1.807) is 18.2 Å². The molecule has 0 aliphatic heterocycles. The average molecular weight is 291 g/mol. The molecule has 0 saturated heterocycles. The summed E-state index contributed by atoms with van der Waals surface area (Å²) in [6, 6.07) is 16.8. The molecule has 0 aromatic heterocycles. The summed E-state index contributed by atoms with van der Waals surface area (Å²) in [5.41, 5.74) is 0.987. The van der Waals surface area contributed by atoms with Crippen LogP contribution in [0.2, 0.25) is 0 Å². The predicted molar refractivity (Wildman–Crippen MR) is 79.4 cm³/mol. The zero-order chi connectivity index (χ0) is 15.1. The van der Waals surface area contributed by atoms with E-state index in [1.165, 1.54) is 12.1 Å². The fourth-order valence-electron chi connectivity index (χ4n) is 2.16. The van der Waals surface area contributed by atoms with Crippen LogP contribution in [-0.2, 0) is 12.3 Å². The second kappa shape index (κ2) is 7.29. The first-order chi connectivity index (χ1) is 10.1. The molecule has 0 amide bonds. The van der Waals surface area contributed by atoms with Crippen LogP contribution in [0, 0.1) is 0 Å². The molecular formula is C17H19F2NO. The highest BCUT2D eigenvalue weighted by atomic mass is 19.3. The maximum Gasteiger partial charge on any atom is 0.285 e. The lowest BCUT2D eigenvalue weighted by Gasteiger charge is -2.22. The number of halogens is 2. The minimum atomic E-state index is -2.95. The van der Waals surface area contributed by atoms with E-state index in [-0.39, 0.29) is 18.2 Å². The number of aliphatic hydroxyl groups is 1. The molecule has 4 heteroatoms. The molecule has 2 rings (SSSR count). The van der Waals surface area contributed by atoms with Crippen molar-refractivity contribution < 1.29 is 13.9 Å². The van der Waals surface area contributed by atoms with E-state index in [1.807, 2.05) is 30.3 Å². The molecule has 0 radical (unpaired) electrons. The van der Waals surface area contributed by atoms with Gasteiger partial charge in [-0.05, 0) is 12.0 Å². The van der Waals surface area contributed by atoms with Crippen LogP contribution < -0.4 is 5.32 Å². The van der Waals surface area contributed by atoms with Gasteiger partial charge in [-0.15, -0.1) is 0 Å². The standard InChI is InChI=1S/C17H19F2NO/c18-17(19,15-9-5-2-6-10-15)13-20-16(12-21)11-14-7-3-1-4-8-14/h1-10,16,20-21H,11-13H2. The molecule has 0 heterocycles. The molecule has 1 atom stereocenters. The molecular weight excluding hydrogens is 272 g/mol. The zero-order valence-corrected chi connectivity index (χ0v) is 11.7. The molecule has 112 valence electrons. The van der Waals surface area contributed by atoms with Crippen molar-refractivity contribution in [3.63, 3.8) is 0 Å². The number of nitrogens with one attached hydrogen (secondary N) is 1. The van der Waals surface area contributed by atoms with E-state index in [9.17, 15) is 13.9 Å². The molecule has 2 aromatic rings. The van der Waals surface area contributed by atoms with Crippen LogP contribution in [0.4, 0.5) is 8.78 Å². The highest BCUT2D eigenvalue weighted by Gasteiger charge is 2.31. The van der Waals surface area contributed by atoms with Crippen LogP contribution >= 0.6 is 0 Å². The Morgan fingerprint density at radius 3 is 2.10 bits per heavy atom. The zero-order valence-electron chi connectivity index (χ0n) is 11.7. The number of hydrogen-bond donors (Lipinski definition) is 2. The van der Waals surface area contributed by atoms with Crippen molar-refractivity contribution >= 4 is 0 Å². The van der Waals surface area contributed by atoms with Crippen molar-refractivity contribution in [1.29, 1.82) is 0 Å². The van der Waals surface area contributed by atoms with Gasteiger partial charge in [0.1, 0.15) is 0 Å². The molecule has 0 spiro atoms. The van der Waals surface area contributed by atoms with Gasteiger partial charge in [0.2, 0.25) is 0 Å². The first kappa shape index (κ1) is 15.6. The molecule has 2 aromatic carbocycles. The minimum Gasteiger partial charge on any atom is -0.395 e. The number of hydrogen-bond acceptors (Lipinski definition) is 2. The van der Waals surface area contributed by atoms with Gasteiger partial charge in [0, 0.05) is 11.6 Å². The van der Waals surface area contributed by atoms with Gasteiger partial charge in [-0.25, -0.2) is 0 Å². The number of aliphatic hydroxyl groups excluding tert-OH is 1. The normalized spacial score (nSPS) is 13.1. The molecule has 0 fully saturated rings. The molecule has 1 unspecified atom stereocenters. The van der Waals surface area contributed by atoms with E-state index >= 15 is 0 Å². The van der Waals surface area contributed by atoms with E-state index in [4.69, 9.17) is 0 Å². The Balaban J connectivity index is 1.94. The Morgan fingerprint density at radius 2 is 1.52 bits per heavy atom. The minimum absolute atomic E-state index is 0.0195. The van der Waals surface area contributed by atoms with Gasteiger partial charge < -0.3 is 10.4 Å². The van der Waals surface area contributed by atoms with Crippen molar-refractivity contribution in [2.45, 2.75) is 18.4 Å². The number of benzene rings is 2. The predicted octanol–water partition coefficient (Wildman–Crippen LogP) is 2.97. The SMILES string of the molecule is OCC(Cc1ccccc1)NCC(F)(F)c1ccccc1.